The number of nitrogens with two attached hydrogens (primary N) is 1. The summed E-state index contributed by atoms with van der Waals surface area (Å²) in [4.78, 5) is 15.1. The van der Waals surface area contributed by atoms with Gasteiger partial charge in [-0.2, -0.15) is 0 Å². The molecule has 0 aliphatic heterocycles. The predicted octanol–water partition coefficient (Wildman–Crippen LogP) is -0.0745. The maximum absolute atomic E-state index is 11.2. The van der Waals surface area contributed by atoms with Gasteiger partial charge in [-0.1, -0.05) is 0 Å². The monoisotopic (exact) mass is 183 g/mol. The SMILES string of the molecule is CCNC(=O)c1cnc(CCN)o1. The van der Waals surface area contributed by atoms with Crippen LogP contribution in [-0.2, 0) is 6.42 Å². The van der Waals surface area contributed by atoms with Gasteiger partial charge in [0.1, 0.15) is 0 Å². The summed E-state index contributed by atoms with van der Waals surface area (Å²) in [7, 11) is 0. The standard InChI is InChI=1S/C8H13N3O2/c1-2-10-8(12)6-5-11-7(13-6)3-4-9/h5H,2-4,9H2,1H3,(H,10,12). The molecule has 0 bridgehead atoms. The highest BCUT2D eigenvalue weighted by molar-refractivity contribution is 5.90. The van der Waals surface area contributed by atoms with Gasteiger partial charge in [0.15, 0.2) is 5.89 Å². The molecule has 0 aliphatic rings. The molecule has 3 N–H and O–H groups in total. The van der Waals surface area contributed by atoms with E-state index in [0.29, 0.717) is 25.4 Å². The molecule has 5 nitrogen and oxygen atoms in total. The smallest absolute Gasteiger partial charge is 0.288 e. The lowest BCUT2D eigenvalue weighted by molar-refractivity contribution is 0.0926. The van der Waals surface area contributed by atoms with E-state index in [2.05, 4.69) is 10.3 Å². The van der Waals surface area contributed by atoms with Crippen molar-refractivity contribution in [1.82, 2.24) is 10.3 Å². The van der Waals surface area contributed by atoms with Gasteiger partial charge in [0.2, 0.25) is 5.76 Å². The predicted molar refractivity (Wildman–Crippen MR) is 47.3 cm³/mol. The van der Waals surface area contributed by atoms with Crippen LogP contribution >= 0.6 is 0 Å². The zero-order valence-corrected chi connectivity index (χ0v) is 7.54. The van der Waals surface area contributed by atoms with Crippen LogP contribution in [0.4, 0.5) is 0 Å². The summed E-state index contributed by atoms with van der Waals surface area (Å²) >= 11 is 0. The van der Waals surface area contributed by atoms with Crippen molar-refractivity contribution in [2.75, 3.05) is 13.1 Å². The van der Waals surface area contributed by atoms with Crippen LogP contribution in [0.5, 0.6) is 0 Å². The first kappa shape index (κ1) is 9.73. The van der Waals surface area contributed by atoms with Gasteiger partial charge in [0.05, 0.1) is 6.20 Å². The first-order chi connectivity index (χ1) is 6.27. The third-order valence-electron chi connectivity index (χ3n) is 1.47. The normalized spacial score (nSPS) is 10.0. The van der Waals surface area contributed by atoms with E-state index in [0.717, 1.165) is 0 Å². The Morgan fingerprint density at radius 3 is 3.15 bits per heavy atom. The Balaban J connectivity index is 2.62. The van der Waals surface area contributed by atoms with Crippen LogP contribution in [0, 0.1) is 0 Å². The molecule has 0 saturated carbocycles. The minimum Gasteiger partial charge on any atom is -0.436 e. The molecule has 0 radical (unpaired) electrons. The molecule has 1 rings (SSSR count). The molecule has 0 atom stereocenters. The maximum atomic E-state index is 11.2. The molecule has 0 saturated heterocycles. The molecular weight excluding hydrogens is 170 g/mol. The van der Waals surface area contributed by atoms with Crippen LogP contribution in [0.15, 0.2) is 10.6 Å². The number of oxazole rings is 1. The summed E-state index contributed by atoms with van der Waals surface area (Å²) in [6.07, 6.45) is 1.97. The first-order valence-electron chi connectivity index (χ1n) is 4.21. The molecule has 1 heterocycles. The van der Waals surface area contributed by atoms with Crippen molar-refractivity contribution in [3.8, 4) is 0 Å². The molecule has 0 fully saturated rings. The lowest BCUT2D eigenvalue weighted by Gasteiger charge is -1.95. The third kappa shape index (κ3) is 2.55. The summed E-state index contributed by atoms with van der Waals surface area (Å²) in [5.41, 5.74) is 5.30. The number of hydrogen-bond acceptors (Lipinski definition) is 4. The van der Waals surface area contributed by atoms with Crippen LogP contribution < -0.4 is 11.1 Å². The average Bonchev–Trinajstić information content (AvgIpc) is 2.54. The van der Waals surface area contributed by atoms with Crippen LogP contribution in [0.1, 0.15) is 23.4 Å². The van der Waals surface area contributed by atoms with E-state index in [9.17, 15) is 4.79 Å². The summed E-state index contributed by atoms with van der Waals surface area (Å²) < 4.78 is 5.14. The number of hydrogen-bond donors (Lipinski definition) is 2. The Morgan fingerprint density at radius 2 is 2.54 bits per heavy atom. The zero-order valence-electron chi connectivity index (χ0n) is 7.54. The summed E-state index contributed by atoms with van der Waals surface area (Å²) in [5.74, 6) is 0.507. The van der Waals surface area contributed by atoms with Crippen molar-refractivity contribution in [2.45, 2.75) is 13.3 Å². The molecule has 0 unspecified atom stereocenters. The van der Waals surface area contributed by atoms with Crippen LogP contribution in [0.3, 0.4) is 0 Å². The summed E-state index contributed by atoms with van der Waals surface area (Å²) in [5, 5.41) is 2.61. The van der Waals surface area contributed by atoms with Crippen LogP contribution in [0.25, 0.3) is 0 Å². The van der Waals surface area contributed by atoms with Crippen molar-refractivity contribution < 1.29 is 9.21 Å². The van der Waals surface area contributed by atoms with Gasteiger partial charge in [0, 0.05) is 19.5 Å². The molecule has 1 aromatic rings. The fraction of sp³-hybridized carbons (Fsp3) is 0.500. The summed E-state index contributed by atoms with van der Waals surface area (Å²) in [6.45, 7) is 2.89. The molecule has 0 aromatic carbocycles. The van der Waals surface area contributed by atoms with Gasteiger partial charge in [-0.05, 0) is 6.92 Å². The minimum atomic E-state index is -0.238. The van der Waals surface area contributed by atoms with Gasteiger partial charge in [-0.25, -0.2) is 4.98 Å². The topological polar surface area (TPSA) is 81.2 Å². The quantitative estimate of drug-likeness (QED) is 0.684. The molecule has 5 heteroatoms. The number of carbonyl (C=O) groups is 1. The second-order valence-corrected chi connectivity index (χ2v) is 2.52. The first-order valence-corrected chi connectivity index (χ1v) is 4.21. The van der Waals surface area contributed by atoms with Gasteiger partial charge < -0.3 is 15.5 Å². The highest BCUT2D eigenvalue weighted by Gasteiger charge is 2.10. The fourth-order valence-corrected chi connectivity index (χ4v) is 0.902. The summed E-state index contributed by atoms with van der Waals surface area (Å²) in [6, 6.07) is 0. The van der Waals surface area contributed by atoms with Crippen LogP contribution in [0.2, 0.25) is 0 Å². The molecule has 0 spiro atoms. The Labute approximate surface area is 76.3 Å². The van der Waals surface area contributed by atoms with E-state index in [-0.39, 0.29) is 11.7 Å². The second-order valence-electron chi connectivity index (χ2n) is 2.52. The van der Waals surface area contributed by atoms with Gasteiger partial charge >= 0.3 is 0 Å². The van der Waals surface area contributed by atoms with E-state index in [1.165, 1.54) is 6.20 Å². The van der Waals surface area contributed by atoms with E-state index in [1.807, 2.05) is 6.92 Å². The highest BCUT2D eigenvalue weighted by atomic mass is 16.4. The molecule has 1 amide bonds. The molecule has 1 aromatic heterocycles. The lowest BCUT2D eigenvalue weighted by atomic mass is 10.4. The zero-order chi connectivity index (χ0) is 9.68. The number of aromatic nitrogens is 1. The van der Waals surface area contributed by atoms with Crippen molar-refractivity contribution >= 4 is 5.91 Å². The molecule has 0 aliphatic carbocycles. The number of carbonyl (C=O) groups excluding carboxylic acids is 1. The van der Waals surface area contributed by atoms with E-state index < -0.39 is 0 Å². The minimum absolute atomic E-state index is 0.238. The molecular formula is C8H13N3O2. The maximum Gasteiger partial charge on any atom is 0.288 e. The number of amides is 1. The molecule has 13 heavy (non-hydrogen) atoms. The Kier molecular flexibility index (Phi) is 3.45. The van der Waals surface area contributed by atoms with Gasteiger partial charge in [0.25, 0.3) is 5.91 Å². The van der Waals surface area contributed by atoms with Crippen molar-refractivity contribution in [3.05, 3.63) is 17.8 Å². The van der Waals surface area contributed by atoms with Crippen LogP contribution in [-0.4, -0.2) is 24.0 Å². The Morgan fingerprint density at radius 1 is 1.77 bits per heavy atom. The van der Waals surface area contributed by atoms with Gasteiger partial charge in [-0.15, -0.1) is 0 Å². The van der Waals surface area contributed by atoms with Crippen molar-refractivity contribution in [3.63, 3.8) is 0 Å². The van der Waals surface area contributed by atoms with Gasteiger partial charge in [-0.3, -0.25) is 4.79 Å². The largest absolute Gasteiger partial charge is 0.436 e. The van der Waals surface area contributed by atoms with E-state index in [4.69, 9.17) is 10.2 Å². The highest BCUT2D eigenvalue weighted by Crippen LogP contribution is 2.03. The van der Waals surface area contributed by atoms with Crippen molar-refractivity contribution in [2.24, 2.45) is 5.73 Å². The van der Waals surface area contributed by atoms with E-state index in [1.54, 1.807) is 0 Å². The Hall–Kier alpha value is -1.36. The second kappa shape index (κ2) is 4.61. The lowest BCUT2D eigenvalue weighted by Crippen LogP contribution is -2.21. The Bertz CT molecular complexity index is 283. The van der Waals surface area contributed by atoms with E-state index >= 15 is 0 Å². The molecule has 72 valence electrons. The fourth-order valence-electron chi connectivity index (χ4n) is 0.902. The average molecular weight is 183 g/mol. The van der Waals surface area contributed by atoms with Crippen molar-refractivity contribution in [1.29, 1.82) is 0 Å². The number of rotatable bonds is 4. The number of nitrogens with zero attached hydrogens (tertiary/aromatic N) is 1. The third-order valence-corrected chi connectivity index (χ3v) is 1.47. The number of nitrogens with one attached hydrogen (secondary N) is 1.